The van der Waals surface area contributed by atoms with Gasteiger partial charge in [0, 0.05) is 18.8 Å². The summed E-state index contributed by atoms with van der Waals surface area (Å²) in [6.07, 6.45) is 4.59. The number of Topliss-reactive ketones (excluding diaryl/α,β-unsaturated/α-hetero) is 1. The Labute approximate surface area is 107 Å². The number of halogens is 1. The minimum Gasteiger partial charge on any atom is -0.367 e. The molecule has 0 saturated heterocycles. The fourth-order valence-electron chi connectivity index (χ4n) is 2.28. The number of carbonyl (C=O) groups is 2. The van der Waals surface area contributed by atoms with E-state index in [0.717, 1.165) is 29.4 Å². The van der Waals surface area contributed by atoms with Crippen molar-refractivity contribution in [2.45, 2.75) is 18.9 Å². The molecule has 5 heteroatoms. The average Bonchev–Trinajstić information content (AvgIpc) is 3.13. The van der Waals surface area contributed by atoms with Crippen LogP contribution in [0.15, 0.2) is 16.9 Å². The van der Waals surface area contributed by atoms with Crippen LogP contribution >= 0.6 is 15.9 Å². The predicted molar refractivity (Wildman–Crippen MR) is 66.2 cm³/mol. The summed E-state index contributed by atoms with van der Waals surface area (Å²) in [5.74, 6) is -0.641. The van der Waals surface area contributed by atoms with Gasteiger partial charge in [0.2, 0.25) is 0 Å². The Morgan fingerprint density at radius 3 is 2.88 bits per heavy atom. The molecule has 2 heterocycles. The second kappa shape index (κ2) is 3.91. The molecule has 1 unspecified atom stereocenters. The van der Waals surface area contributed by atoms with Crippen LogP contribution in [0.5, 0.6) is 0 Å². The van der Waals surface area contributed by atoms with Gasteiger partial charge in [-0.15, -0.1) is 0 Å². The Hall–Kier alpha value is -1.23. The highest BCUT2D eigenvalue weighted by atomic mass is 79.9. The first-order valence-corrected chi connectivity index (χ1v) is 6.41. The summed E-state index contributed by atoms with van der Waals surface area (Å²) in [7, 11) is 0. The number of anilines is 1. The van der Waals surface area contributed by atoms with Crippen molar-refractivity contribution in [2.75, 3.05) is 11.4 Å². The lowest BCUT2D eigenvalue weighted by atomic mass is 9.93. The molecule has 1 aliphatic heterocycles. The largest absolute Gasteiger partial charge is 0.367 e. The predicted octanol–water partition coefficient (Wildman–Crippen LogP) is 1.82. The first-order chi connectivity index (χ1) is 8.20. The van der Waals surface area contributed by atoms with Gasteiger partial charge in [-0.1, -0.05) is 0 Å². The van der Waals surface area contributed by atoms with Crippen molar-refractivity contribution in [1.29, 1.82) is 0 Å². The molecule has 1 aromatic heterocycles. The van der Waals surface area contributed by atoms with E-state index in [4.69, 9.17) is 0 Å². The van der Waals surface area contributed by atoms with Crippen LogP contribution in [0.25, 0.3) is 0 Å². The zero-order valence-electron chi connectivity index (χ0n) is 9.10. The van der Waals surface area contributed by atoms with Gasteiger partial charge in [0.15, 0.2) is 5.78 Å². The third-order valence-electron chi connectivity index (χ3n) is 3.31. The molecule has 0 bridgehead atoms. The molecule has 0 radical (unpaired) electrons. The van der Waals surface area contributed by atoms with E-state index in [-0.39, 0.29) is 5.78 Å². The number of rotatable bonds is 2. The summed E-state index contributed by atoms with van der Waals surface area (Å²) in [6, 6.07) is 2.35. The van der Waals surface area contributed by atoms with Gasteiger partial charge in [0.25, 0.3) is 0 Å². The van der Waals surface area contributed by atoms with Crippen molar-refractivity contribution in [3.05, 3.63) is 22.4 Å². The number of aromatic nitrogens is 1. The van der Waals surface area contributed by atoms with Crippen molar-refractivity contribution in [3.8, 4) is 0 Å². The number of hydrogen-bond donors (Lipinski definition) is 0. The smallest absolute Gasteiger partial charge is 0.178 e. The number of nitrogens with zero attached hydrogens (tertiary/aromatic N) is 2. The van der Waals surface area contributed by atoms with Crippen LogP contribution < -0.4 is 4.90 Å². The molecular formula is C12H11BrN2O2. The molecule has 1 atom stereocenters. The lowest BCUT2D eigenvalue weighted by Crippen LogP contribution is -2.41. The molecule has 2 aliphatic rings. The molecule has 0 N–H and O–H groups in total. The highest BCUT2D eigenvalue weighted by Gasteiger charge is 2.39. The molecule has 4 nitrogen and oxygen atoms in total. The maximum atomic E-state index is 12.0. The van der Waals surface area contributed by atoms with Crippen LogP contribution in [0.4, 0.5) is 5.69 Å². The zero-order chi connectivity index (χ0) is 12.0. The van der Waals surface area contributed by atoms with Crippen molar-refractivity contribution in [3.63, 3.8) is 0 Å². The summed E-state index contributed by atoms with van der Waals surface area (Å²) < 4.78 is 0.722. The number of aldehydes is 1. The Bertz CT molecular complexity index is 499. The Morgan fingerprint density at radius 1 is 1.47 bits per heavy atom. The van der Waals surface area contributed by atoms with Crippen molar-refractivity contribution >= 4 is 33.7 Å². The third-order valence-corrected chi connectivity index (χ3v) is 3.74. The topological polar surface area (TPSA) is 50.3 Å². The summed E-state index contributed by atoms with van der Waals surface area (Å²) in [6.45, 7) is 0.510. The molecule has 17 heavy (non-hydrogen) atoms. The van der Waals surface area contributed by atoms with E-state index in [0.29, 0.717) is 18.2 Å². The monoisotopic (exact) mass is 294 g/mol. The Morgan fingerprint density at radius 2 is 2.24 bits per heavy atom. The SMILES string of the molecule is O=CC1CN(C2CC2)c2cc(Br)ncc2C1=O. The zero-order valence-corrected chi connectivity index (χ0v) is 10.7. The maximum absolute atomic E-state index is 12.0. The highest BCUT2D eigenvalue weighted by molar-refractivity contribution is 9.10. The molecule has 3 rings (SSSR count). The van der Waals surface area contributed by atoms with Crippen molar-refractivity contribution < 1.29 is 9.59 Å². The molecule has 1 fully saturated rings. The second-order valence-corrected chi connectivity index (χ2v) is 5.33. The van der Waals surface area contributed by atoms with E-state index in [2.05, 4.69) is 25.8 Å². The van der Waals surface area contributed by atoms with E-state index in [1.165, 1.54) is 0 Å². The van der Waals surface area contributed by atoms with Gasteiger partial charge in [-0.3, -0.25) is 4.79 Å². The minimum atomic E-state index is -0.536. The summed E-state index contributed by atoms with van der Waals surface area (Å²) in [4.78, 5) is 29.2. The van der Waals surface area contributed by atoms with Gasteiger partial charge in [-0.05, 0) is 34.8 Å². The van der Waals surface area contributed by atoms with Crippen molar-refractivity contribution in [2.24, 2.45) is 5.92 Å². The molecule has 88 valence electrons. The van der Waals surface area contributed by atoms with Crippen LogP contribution in [0.2, 0.25) is 0 Å². The normalized spacial score (nSPS) is 23.5. The van der Waals surface area contributed by atoms with Gasteiger partial charge in [0.1, 0.15) is 10.9 Å². The van der Waals surface area contributed by atoms with Crippen molar-refractivity contribution in [1.82, 2.24) is 4.98 Å². The van der Waals surface area contributed by atoms with Gasteiger partial charge >= 0.3 is 0 Å². The number of fused-ring (bicyclic) bond motifs is 1. The lowest BCUT2D eigenvalue weighted by molar-refractivity contribution is -0.109. The van der Waals surface area contributed by atoms with E-state index in [9.17, 15) is 9.59 Å². The van der Waals surface area contributed by atoms with Gasteiger partial charge < -0.3 is 9.69 Å². The molecule has 1 saturated carbocycles. The minimum absolute atomic E-state index is 0.105. The average molecular weight is 295 g/mol. The number of pyridine rings is 1. The van der Waals surface area contributed by atoms with E-state index in [1.54, 1.807) is 6.20 Å². The second-order valence-electron chi connectivity index (χ2n) is 4.51. The van der Waals surface area contributed by atoms with Crippen LogP contribution in [-0.4, -0.2) is 29.6 Å². The fraction of sp³-hybridized carbons (Fsp3) is 0.417. The number of ketones is 1. The van der Waals surface area contributed by atoms with Crippen LogP contribution in [-0.2, 0) is 4.79 Å². The molecule has 0 amide bonds. The van der Waals surface area contributed by atoms with E-state index in [1.807, 2.05) is 6.07 Å². The Kier molecular flexibility index (Phi) is 2.50. The van der Waals surface area contributed by atoms with Crippen LogP contribution in [0, 0.1) is 5.92 Å². The quantitative estimate of drug-likeness (QED) is 0.474. The fourth-order valence-corrected chi connectivity index (χ4v) is 2.60. The lowest BCUT2D eigenvalue weighted by Gasteiger charge is -2.33. The highest BCUT2D eigenvalue weighted by Crippen LogP contribution is 2.38. The molecule has 0 aromatic carbocycles. The molecular weight excluding hydrogens is 284 g/mol. The van der Waals surface area contributed by atoms with Gasteiger partial charge in [0.05, 0.1) is 17.2 Å². The molecule has 1 aliphatic carbocycles. The summed E-state index contributed by atoms with van der Waals surface area (Å²) in [5, 5.41) is 0. The first-order valence-electron chi connectivity index (χ1n) is 5.62. The maximum Gasteiger partial charge on any atom is 0.178 e. The first kappa shape index (κ1) is 10.9. The summed E-state index contributed by atoms with van der Waals surface area (Å²) >= 11 is 3.32. The van der Waals surface area contributed by atoms with Crippen LogP contribution in [0.1, 0.15) is 23.2 Å². The van der Waals surface area contributed by atoms with Gasteiger partial charge in [-0.2, -0.15) is 0 Å². The number of hydrogen-bond acceptors (Lipinski definition) is 4. The summed E-state index contributed by atoms with van der Waals surface area (Å²) in [5.41, 5.74) is 1.49. The van der Waals surface area contributed by atoms with Crippen LogP contribution in [0.3, 0.4) is 0 Å². The standard InChI is InChI=1S/C12H11BrN2O2/c13-11-3-10-9(4-14-11)12(17)7(6-16)5-15(10)8-1-2-8/h3-4,6-8H,1-2,5H2. The Balaban J connectivity index is 2.10. The molecule has 1 aromatic rings. The third kappa shape index (κ3) is 1.78. The van der Waals surface area contributed by atoms with E-state index >= 15 is 0 Å². The number of carbonyl (C=O) groups excluding carboxylic acids is 2. The van der Waals surface area contributed by atoms with E-state index < -0.39 is 5.92 Å². The molecule has 0 spiro atoms. The van der Waals surface area contributed by atoms with Gasteiger partial charge in [-0.25, -0.2) is 4.98 Å².